The van der Waals surface area contributed by atoms with Gasteiger partial charge >= 0.3 is 11.9 Å². The van der Waals surface area contributed by atoms with E-state index in [1.54, 1.807) is 0 Å². The molecule has 2 atom stereocenters. The number of carbonyl (C=O) groups excluding carboxylic acids is 1. The molecule has 0 saturated carbocycles. The molecule has 0 fully saturated rings. The summed E-state index contributed by atoms with van der Waals surface area (Å²) in [6.07, 6.45) is 2.71. The molecule has 4 heteroatoms. The molecule has 0 bridgehead atoms. The van der Waals surface area contributed by atoms with E-state index in [9.17, 15) is 14.7 Å². The third-order valence-electron chi connectivity index (χ3n) is 5.62. The Labute approximate surface area is 163 Å². The Bertz CT molecular complexity index is 1130. The summed E-state index contributed by atoms with van der Waals surface area (Å²) in [4.78, 5) is 24.8. The largest absolute Gasteiger partial charge is 0.481 e. The molecule has 4 nitrogen and oxygen atoms in total. The Morgan fingerprint density at radius 1 is 1.00 bits per heavy atom. The molecule has 0 aliphatic heterocycles. The number of ether oxygens (including phenoxy) is 1. The van der Waals surface area contributed by atoms with Crippen LogP contribution in [0.3, 0.4) is 0 Å². The van der Waals surface area contributed by atoms with Gasteiger partial charge in [0.2, 0.25) is 0 Å². The summed E-state index contributed by atoms with van der Waals surface area (Å²) in [6, 6.07) is 15.8. The number of hydrogen-bond donors (Lipinski definition) is 1. The maximum atomic E-state index is 13.1. The van der Waals surface area contributed by atoms with E-state index >= 15 is 0 Å². The molecule has 142 valence electrons. The van der Waals surface area contributed by atoms with E-state index in [-0.39, 0.29) is 0 Å². The number of esters is 1. The van der Waals surface area contributed by atoms with Crippen LogP contribution < -0.4 is 4.74 Å². The molecule has 0 aromatic heterocycles. The highest BCUT2D eigenvalue weighted by Crippen LogP contribution is 2.38. The van der Waals surface area contributed by atoms with Crippen molar-refractivity contribution in [3.05, 3.63) is 65.7 Å². The molecule has 3 aromatic carbocycles. The Hall–Kier alpha value is -3.14. The zero-order chi connectivity index (χ0) is 19.8. The summed E-state index contributed by atoms with van der Waals surface area (Å²) in [6.45, 7) is 3.89. The van der Waals surface area contributed by atoms with E-state index in [0.717, 1.165) is 32.7 Å². The fourth-order valence-electron chi connectivity index (χ4n) is 4.12. The lowest BCUT2D eigenvalue weighted by atomic mass is 9.80. The van der Waals surface area contributed by atoms with Crippen molar-refractivity contribution in [2.24, 2.45) is 11.8 Å². The molecule has 0 spiro atoms. The molecule has 0 amide bonds. The van der Waals surface area contributed by atoms with E-state index in [0.29, 0.717) is 18.6 Å². The third-order valence-corrected chi connectivity index (χ3v) is 5.62. The number of carboxylic acids is 1. The average molecular weight is 374 g/mol. The first-order chi connectivity index (χ1) is 13.5. The normalized spacial score (nSPS) is 19.4. The molecule has 1 aliphatic carbocycles. The highest BCUT2D eigenvalue weighted by molar-refractivity contribution is 6.07. The number of carboxylic acid groups (broad SMARTS) is 1. The van der Waals surface area contributed by atoms with Gasteiger partial charge in [0, 0.05) is 10.8 Å². The Balaban J connectivity index is 1.82. The van der Waals surface area contributed by atoms with Crippen LogP contribution in [0.5, 0.6) is 5.75 Å². The summed E-state index contributed by atoms with van der Waals surface area (Å²) in [5.41, 5.74) is 2.02. The van der Waals surface area contributed by atoms with Crippen molar-refractivity contribution >= 4 is 33.5 Å². The minimum Gasteiger partial charge on any atom is -0.481 e. The molecule has 0 radical (unpaired) electrons. The van der Waals surface area contributed by atoms with Gasteiger partial charge in [-0.2, -0.15) is 0 Å². The van der Waals surface area contributed by atoms with Gasteiger partial charge in [-0.3, -0.25) is 9.59 Å². The van der Waals surface area contributed by atoms with Crippen LogP contribution in [0.4, 0.5) is 0 Å². The molecular weight excluding hydrogens is 352 g/mol. The smallest absolute Gasteiger partial charge is 0.315 e. The fourth-order valence-corrected chi connectivity index (χ4v) is 4.12. The van der Waals surface area contributed by atoms with Crippen LogP contribution in [0.1, 0.15) is 25.3 Å². The zero-order valence-corrected chi connectivity index (χ0v) is 15.9. The van der Waals surface area contributed by atoms with Crippen molar-refractivity contribution < 1.29 is 19.4 Å². The summed E-state index contributed by atoms with van der Waals surface area (Å²) in [5.74, 6) is -2.34. The van der Waals surface area contributed by atoms with Crippen molar-refractivity contribution in [2.75, 3.05) is 0 Å². The minimum absolute atomic E-state index is 0.379. The van der Waals surface area contributed by atoms with Gasteiger partial charge < -0.3 is 9.84 Å². The van der Waals surface area contributed by atoms with Crippen LogP contribution >= 0.6 is 0 Å². The van der Waals surface area contributed by atoms with Crippen LogP contribution in [0, 0.1) is 18.8 Å². The zero-order valence-electron chi connectivity index (χ0n) is 15.9. The summed E-state index contributed by atoms with van der Waals surface area (Å²) >= 11 is 0. The highest BCUT2D eigenvalue weighted by atomic mass is 16.5. The molecule has 2 unspecified atom stereocenters. The van der Waals surface area contributed by atoms with Crippen molar-refractivity contribution in [3.8, 4) is 5.75 Å². The van der Waals surface area contributed by atoms with Gasteiger partial charge in [0.05, 0.1) is 11.8 Å². The van der Waals surface area contributed by atoms with Gasteiger partial charge in [-0.15, -0.1) is 0 Å². The number of hydrogen-bond acceptors (Lipinski definition) is 3. The quantitative estimate of drug-likeness (QED) is 0.294. The summed E-state index contributed by atoms with van der Waals surface area (Å²) in [7, 11) is 0. The first-order valence-electron chi connectivity index (χ1n) is 9.47. The molecule has 0 saturated heterocycles. The van der Waals surface area contributed by atoms with E-state index in [1.165, 1.54) is 0 Å². The van der Waals surface area contributed by atoms with Gasteiger partial charge in [-0.1, -0.05) is 54.1 Å². The lowest BCUT2D eigenvalue weighted by molar-refractivity contribution is -0.152. The maximum absolute atomic E-state index is 13.1. The highest BCUT2D eigenvalue weighted by Gasteiger charge is 2.37. The second-order valence-electron chi connectivity index (χ2n) is 7.56. The number of fused-ring (bicyclic) bond motifs is 2. The van der Waals surface area contributed by atoms with E-state index in [1.807, 2.05) is 62.4 Å². The minimum atomic E-state index is -0.951. The predicted molar refractivity (Wildman–Crippen MR) is 109 cm³/mol. The van der Waals surface area contributed by atoms with Crippen LogP contribution in [-0.4, -0.2) is 17.0 Å². The van der Waals surface area contributed by atoms with Crippen molar-refractivity contribution in [3.63, 3.8) is 0 Å². The topological polar surface area (TPSA) is 63.6 Å². The predicted octanol–water partition coefficient (Wildman–Crippen LogP) is 5.26. The van der Waals surface area contributed by atoms with Crippen molar-refractivity contribution in [1.82, 2.24) is 0 Å². The van der Waals surface area contributed by atoms with E-state index < -0.39 is 23.8 Å². The molecule has 3 aromatic rings. The lowest BCUT2D eigenvalue weighted by Gasteiger charge is -2.26. The van der Waals surface area contributed by atoms with Crippen LogP contribution in [0.15, 0.2) is 60.2 Å². The average Bonchev–Trinajstić information content (AvgIpc) is 2.67. The SMILES string of the molecule is CC1=CCC(C(=O)Oc2c3ccccc3cc3cccc(C)c23)C(C(=O)O)C1. The second-order valence-corrected chi connectivity index (χ2v) is 7.56. The van der Waals surface area contributed by atoms with E-state index in [4.69, 9.17) is 4.74 Å². The standard InChI is InChI=1S/C24H22O4/c1-14-10-11-19(20(12-14)23(25)26)24(27)28-22-18-9-4-3-7-16(18)13-17-8-5-6-15(2)21(17)22/h3-10,13,19-20H,11-12H2,1-2H3,(H,25,26). The molecule has 28 heavy (non-hydrogen) atoms. The Kier molecular flexibility index (Phi) is 4.63. The molecule has 0 heterocycles. The fraction of sp³-hybridized carbons (Fsp3) is 0.250. The number of carbonyl (C=O) groups is 2. The van der Waals surface area contributed by atoms with Gasteiger partial charge in [-0.25, -0.2) is 0 Å². The van der Waals surface area contributed by atoms with Gasteiger partial charge in [0.1, 0.15) is 5.75 Å². The number of aryl methyl sites for hydroxylation is 1. The number of rotatable bonds is 3. The number of allylic oxidation sites excluding steroid dienone is 2. The molecule has 4 rings (SSSR count). The first kappa shape index (κ1) is 18.2. The van der Waals surface area contributed by atoms with Crippen LogP contribution in [0.2, 0.25) is 0 Å². The number of benzene rings is 3. The number of aliphatic carboxylic acids is 1. The monoisotopic (exact) mass is 374 g/mol. The Morgan fingerprint density at radius 3 is 2.54 bits per heavy atom. The second kappa shape index (κ2) is 7.12. The van der Waals surface area contributed by atoms with Gasteiger partial charge in [-0.05, 0) is 49.1 Å². The van der Waals surface area contributed by atoms with Crippen molar-refractivity contribution in [1.29, 1.82) is 0 Å². The van der Waals surface area contributed by atoms with Gasteiger partial charge in [0.25, 0.3) is 0 Å². The van der Waals surface area contributed by atoms with E-state index in [2.05, 4.69) is 6.07 Å². The molecule has 1 N–H and O–H groups in total. The lowest BCUT2D eigenvalue weighted by Crippen LogP contribution is -2.34. The Morgan fingerprint density at radius 2 is 1.75 bits per heavy atom. The van der Waals surface area contributed by atoms with Crippen molar-refractivity contribution in [2.45, 2.75) is 26.7 Å². The molecule has 1 aliphatic rings. The third kappa shape index (κ3) is 3.15. The van der Waals surface area contributed by atoms with Gasteiger partial charge in [0.15, 0.2) is 0 Å². The maximum Gasteiger partial charge on any atom is 0.315 e. The van der Waals surface area contributed by atoms with Crippen LogP contribution in [-0.2, 0) is 9.59 Å². The summed E-state index contributed by atoms with van der Waals surface area (Å²) in [5, 5.41) is 13.3. The van der Waals surface area contributed by atoms with Crippen LogP contribution in [0.25, 0.3) is 21.5 Å². The molecular formula is C24H22O4. The first-order valence-corrected chi connectivity index (χ1v) is 9.47. The summed E-state index contributed by atoms with van der Waals surface area (Å²) < 4.78 is 5.95.